The number of ether oxygens (including phenoxy) is 1. The molecule has 0 bridgehead atoms. The average Bonchev–Trinajstić information content (AvgIpc) is 3.10. The maximum atomic E-state index is 12.1. The highest BCUT2D eigenvalue weighted by atomic mass is 32.1. The van der Waals surface area contributed by atoms with Gasteiger partial charge in [-0.1, -0.05) is 18.2 Å². The van der Waals surface area contributed by atoms with Gasteiger partial charge in [-0.05, 0) is 30.7 Å². The lowest BCUT2D eigenvalue weighted by Gasteiger charge is -2.09. The molecule has 0 atom stereocenters. The number of benzene rings is 1. The van der Waals surface area contributed by atoms with E-state index in [0.29, 0.717) is 24.3 Å². The van der Waals surface area contributed by atoms with Gasteiger partial charge in [-0.2, -0.15) is 0 Å². The van der Waals surface area contributed by atoms with E-state index in [1.165, 1.54) is 11.3 Å². The van der Waals surface area contributed by atoms with Crippen LogP contribution in [-0.4, -0.2) is 23.0 Å². The second-order valence-corrected chi connectivity index (χ2v) is 5.97. The summed E-state index contributed by atoms with van der Waals surface area (Å²) < 4.78 is 5.23. The highest BCUT2D eigenvalue weighted by Crippen LogP contribution is 2.24. The van der Waals surface area contributed by atoms with Gasteiger partial charge in [0.25, 0.3) is 0 Å². The van der Waals surface area contributed by atoms with Crippen molar-refractivity contribution in [1.29, 1.82) is 0 Å². The van der Waals surface area contributed by atoms with E-state index >= 15 is 0 Å². The van der Waals surface area contributed by atoms with Crippen molar-refractivity contribution in [2.75, 3.05) is 12.4 Å². The van der Waals surface area contributed by atoms with Crippen molar-refractivity contribution in [3.8, 4) is 16.5 Å². The van der Waals surface area contributed by atoms with Gasteiger partial charge in [0.15, 0.2) is 0 Å². The van der Waals surface area contributed by atoms with Crippen LogP contribution in [0.1, 0.15) is 12.1 Å². The molecule has 2 aromatic heterocycles. The van der Waals surface area contributed by atoms with Gasteiger partial charge >= 0.3 is 0 Å². The second-order valence-electron chi connectivity index (χ2n) is 5.11. The molecule has 0 radical (unpaired) electrons. The van der Waals surface area contributed by atoms with Crippen LogP contribution in [0.25, 0.3) is 10.7 Å². The molecule has 1 amide bonds. The first-order valence-electron chi connectivity index (χ1n) is 7.55. The molecule has 0 unspecified atom stereocenters. The van der Waals surface area contributed by atoms with Gasteiger partial charge < -0.3 is 10.1 Å². The number of rotatable bonds is 6. The van der Waals surface area contributed by atoms with Crippen LogP contribution in [0.5, 0.6) is 5.75 Å². The van der Waals surface area contributed by atoms with Crippen LogP contribution < -0.4 is 10.1 Å². The summed E-state index contributed by atoms with van der Waals surface area (Å²) in [6, 6.07) is 13.1. The molecule has 0 aliphatic heterocycles. The third-order valence-electron chi connectivity index (χ3n) is 3.43. The number of anilines is 1. The quantitative estimate of drug-likeness (QED) is 0.742. The second kappa shape index (κ2) is 7.70. The van der Waals surface area contributed by atoms with Crippen molar-refractivity contribution in [3.05, 3.63) is 59.7 Å². The van der Waals surface area contributed by atoms with Crippen molar-refractivity contribution in [1.82, 2.24) is 9.97 Å². The lowest BCUT2D eigenvalue weighted by molar-refractivity contribution is -0.116. The van der Waals surface area contributed by atoms with E-state index in [2.05, 4.69) is 15.3 Å². The third-order valence-corrected chi connectivity index (χ3v) is 4.34. The van der Waals surface area contributed by atoms with Crippen LogP contribution in [0.3, 0.4) is 0 Å². The van der Waals surface area contributed by atoms with Crippen LogP contribution in [-0.2, 0) is 11.2 Å². The number of amides is 1. The smallest absolute Gasteiger partial charge is 0.224 e. The van der Waals surface area contributed by atoms with E-state index in [0.717, 1.165) is 16.4 Å². The molecule has 0 saturated heterocycles. The Morgan fingerprint density at radius 3 is 2.83 bits per heavy atom. The number of pyridine rings is 1. The van der Waals surface area contributed by atoms with E-state index in [1.807, 2.05) is 47.8 Å². The maximum Gasteiger partial charge on any atom is 0.224 e. The van der Waals surface area contributed by atoms with Crippen LogP contribution in [0.2, 0.25) is 0 Å². The van der Waals surface area contributed by atoms with E-state index in [1.54, 1.807) is 13.3 Å². The van der Waals surface area contributed by atoms with Crippen molar-refractivity contribution < 1.29 is 9.53 Å². The molecule has 3 aromatic rings. The fraction of sp³-hybridized carbons (Fsp3) is 0.167. The molecule has 0 saturated carbocycles. The molecule has 0 fully saturated rings. The summed E-state index contributed by atoms with van der Waals surface area (Å²) in [5, 5.41) is 5.71. The van der Waals surface area contributed by atoms with Gasteiger partial charge in [0.2, 0.25) is 5.91 Å². The van der Waals surface area contributed by atoms with Crippen LogP contribution in [0, 0.1) is 0 Å². The summed E-state index contributed by atoms with van der Waals surface area (Å²) in [4.78, 5) is 21.0. The standard InChI is InChI=1S/C18H17N3O2S/c1-23-16-8-3-2-6-14(16)21-17(22)10-9-13-12-24-18(20-13)15-7-4-5-11-19-15/h2-8,11-12H,9-10H2,1H3,(H,21,22). The van der Waals surface area contributed by atoms with Gasteiger partial charge in [0.05, 0.1) is 24.2 Å². The Hall–Kier alpha value is -2.73. The van der Waals surface area contributed by atoms with E-state index in [-0.39, 0.29) is 5.91 Å². The molecule has 24 heavy (non-hydrogen) atoms. The molecule has 5 nitrogen and oxygen atoms in total. The monoisotopic (exact) mass is 339 g/mol. The first-order chi connectivity index (χ1) is 11.8. The largest absolute Gasteiger partial charge is 0.495 e. The normalized spacial score (nSPS) is 10.4. The zero-order chi connectivity index (χ0) is 16.8. The molecule has 0 aliphatic carbocycles. The number of nitrogens with one attached hydrogen (secondary N) is 1. The minimum Gasteiger partial charge on any atom is -0.495 e. The van der Waals surface area contributed by atoms with Gasteiger partial charge in [0, 0.05) is 18.0 Å². The van der Waals surface area contributed by atoms with Crippen LogP contribution in [0.4, 0.5) is 5.69 Å². The highest BCUT2D eigenvalue weighted by Gasteiger charge is 2.10. The molecular formula is C18H17N3O2S. The van der Waals surface area contributed by atoms with Gasteiger partial charge in [-0.3, -0.25) is 9.78 Å². The zero-order valence-electron chi connectivity index (χ0n) is 13.2. The van der Waals surface area contributed by atoms with Gasteiger partial charge in [-0.15, -0.1) is 11.3 Å². The summed E-state index contributed by atoms with van der Waals surface area (Å²) in [5.41, 5.74) is 2.43. The Bertz CT molecular complexity index is 818. The third kappa shape index (κ3) is 3.97. The Kier molecular flexibility index (Phi) is 5.18. The highest BCUT2D eigenvalue weighted by molar-refractivity contribution is 7.13. The minimum absolute atomic E-state index is 0.0631. The number of thiazole rings is 1. The summed E-state index contributed by atoms with van der Waals surface area (Å²) >= 11 is 1.54. The first-order valence-corrected chi connectivity index (χ1v) is 8.43. The number of aryl methyl sites for hydroxylation is 1. The minimum atomic E-state index is -0.0631. The topological polar surface area (TPSA) is 64.1 Å². The molecule has 1 N–H and O–H groups in total. The Balaban J connectivity index is 1.58. The number of methoxy groups -OCH3 is 1. The molecule has 2 heterocycles. The van der Waals surface area contributed by atoms with Crippen LogP contribution >= 0.6 is 11.3 Å². The molecule has 6 heteroatoms. The van der Waals surface area contributed by atoms with Crippen molar-refractivity contribution >= 4 is 22.9 Å². The molecule has 122 valence electrons. The predicted molar refractivity (Wildman–Crippen MR) is 95.3 cm³/mol. The van der Waals surface area contributed by atoms with Crippen molar-refractivity contribution in [2.24, 2.45) is 0 Å². The fourth-order valence-electron chi connectivity index (χ4n) is 2.23. The Labute approximate surface area is 144 Å². The Morgan fingerprint density at radius 1 is 1.21 bits per heavy atom. The number of hydrogen-bond donors (Lipinski definition) is 1. The van der Waals surface area contributed by atoms with E-state index in [9.17, 15) is 4.79 Å². The number of para-hydroxylation sites is 2. The van der Waals surface area contributed by atoms with Gasteiger partial charge in [-0.25, -0.2) is 4.98 Å². The number of nitrogens with zero attached hydrogens (tertiary/aromatic N) is 2. The number of hydrogen-bond acceptors (Lipinski definition) is 5. The number of carbonyl (C=O) groups excluding carboxylic acids is 1. The van der Waals surface area contributed by atoms with E-state index in [4.69, 9.17) is 4.74 Å². The zero-order valence-corrected chi connectivity index (χ0v) is 14.0. The summed E-state index contributed by atoms with van der Waals surface area (Å²) in [6.07, 6.45) is 2.70. The fourth-order valence-corrected chi connectivity index (χ4v) is 3.06. The van der Waals surface area contributed by atoms with Gasteiger partial charge in [0.1, 0.15) is 10.8 Å². The summed E-state index contributed by atoms with van der Waals surface area (Å²) in [7, 11) is 1.58. The average molecular weight is 339 g/mol. The Morgan fingerprint density at radius 2 is 2.04 bits per heavy atom. The number of aromatic nitrogens is 2. The molecular weight excluding hydrogens is 322 g/mol. The predicted octanol–water partition coefficient (Wildman–Crippen LogP) is 3.79. The number of carbonyl (C=O) groups is 1. The maximum absolute atomic E-state index is 12.1. The summed E-state index contributed by atoms with van der Waals surface area (Å²) in [6.45, 7) is 0. The molecule has 1 aromatic carbocycles. The molecule has 3 rings (SSSR count). The van der Waals surface area contributed by atoms with Crippen LogP contribution in [0.15, 0.2) is 54.0 Å². The summed E-state index contributed by atoms with van der Waals surface area (Å²) in [5.74, 6) is 0.587. The van der Waals surface area contributed by atoms with E-state index < -0.39 is 0 Å². The SMILES string of the molecule is COc1ccccc1NC(=O)CCc1csc(-c2ccccn2)n1. The van der Waals surface area contributed by atoms with Crippen molar-refractivity contribution in [3.63, 3.8) is 0 Å². The molecule has 0 aliphatic rings. The molecule has 0 spiro atoms. The van der Waals surface area contributed by atoms with Crippen molar-refractivity contribution in [2.45, 2.75) is 12.8 Å². The lowest BCUT2D eigenvalue weighted by atomic mass is 10.2. The lowest BCUT2D eigenvalue weighted by Crippen LogP contribution is -2.13. The first kappa shape index (κ1) is 16.1.